The van der Waals surface area contributed by atoms with E-state index in [0.29, 0.717) is 11.2 Å². The van der Waals surface area contributed by atoms with E-state index in [9.17, 15) is 9.59 Å². The highest BCUT2D eigenvalue weighted by molar-refractivity contribution is 7.10. The van der Waals surface area contributed by atoms with Crippen LogP contribution in [0.25, 0.3) is 11.0 Å². The van der Waals surface area contributed by atoms with Crippen molar-refractivity contribution < 1.29 is 9.59 Å². The zero-order valence-electron chi connectivity index (χ0n) is 21.1. The number of anilines is 2. The predicted molar refractivity (Wildman–Crippen MR) is 149 cm³/mol. The third kappa shape index (κ3) is 5.55. The molecule has 0 aliphatic carbocycles. The van der Waals surface area contributed by atoms with Gasteiger partial charge in [-0.15, -0.1) is 16.4 Å². The molecule has 1 unspecified atom stereocenters. The summed E-state index contributed by atoms with van der Waals surface area (Å²) in [6, 6.07) is 21.7. The Morgan fingerprint density at radius 2 is 1.82 bits per heavy atom. The summed E-state index contributed by atoms with van der Waals surface area (Å²) in [5.74, 6) is -0.563. The molecule has 0 saturated heterocycles. The van der Waals surface area contributed by atoms with E-state index in [-0.39, 0.29) is 24.9 Å². The molecule has 38 heavy (non-hydrogen) atoms. The Morgan fingerprint density at radius 3 is 2.53 bits per heavy atom. The SMILES string of the molecule is CN(C)c1ccc(NC(=O)C(c2cccs2)N(Cc2cccnc2)C(=O)Cn2nnc3ccccc32)cc1. The number of carbonyl (C=O) groups is 2. The summed E-state index contributed by atoms with van der Waals surface area (Å²) in [7, 11) is 3.92. The number of amides is 2. The number of fused-ring (bicyclic) bond motifs is 1. The number of pyridine rings is 1. The second kappa shape index (κ2) is 11.2. The summed E-state index contributed by atoms with van der Waals surface area (Å²) in [4.78, 5) is 36.3. The first kappa shape index (κ1) is 25.1. The van der Waals surface area contributed by atoms with Crippen LogP contribution in [0.2, 0.25) is 0 Å². The number of nitrogens with zero attached hydrogens (tertiary/aromatic N) is 6. The second-order valence-electron chi connectivity index (χ2n) is 8.97. The fourth-order valence-corrected chi connectivity index (χ4v) is 5.02. The molecule has 3 aromatic heterocycles. The fourth-order valence-electron chi connectivity index (χ4n) is 4.19. The molecule has 3 heterocycles. The van der Waals surface area contributed by atoms with E-state index in [4.69, 9.17) is 0 Å². The fraction of sp³-hybridized carbons (Fsp3) is 0.179. The van der Waals surface area contributed by atoms with Gasteiger partial charge in [0, 0.05) is 49.3 Å². The molecule has 0 fully saturated rings. The lowest BCUT2D eigenvalue weighted by Crippen LogP contribution is -2.42. The minimum Gasteiger partial charge on any atom is -0.378 e. The Balaban J connectivity index is 1.48. The van der Waals surface area contributed by atoms with Gasteiger partial charge in [-0.3, -0.25) is 14.6 Å². The first-order chi connectivity index (χ1) is 18.5. The van der Waals surface area contributed by atoms with Crippen LogP contribution >= 0.6 is 11.3 Å². The lowest BCUT2D eigenvalue weighted by atomic mass is 10.1. The Morgan fingerprint density at radius 1 is 1.00 bits per heavy atom. The number of thiophene rings is 1. The van der Waals surface area contributed by atoms with Gasteiger partial charge in [-0.1, -0.05) is 29.5 Å². The molecule has 0 aliphatic heterocycles. The first-order valence-electron chi connectivity index (χ1n) is 12.1. The van der Waals surface area contributed by atoms with Crippen molar-refractivity contribution in [2.75, 3.05) is 24.3 Å². The number of nitrogens with one attached hydrogen (secondary N) is 1. The Bertz CT molecular complexity index is 1520. The molecular formula is C28H27N7O2S. The van der Waals surface area contributed by atoms with E-state index in [1.807, 2.05) is 97.2 Å². The maximum atomic E-state index is 13.9. The minimum absolute atomic E-state index is 0.0620. The molecule has 1 N–H and O–H groups in total. The molecule has 0 radical (unpaired) electrons. The number of para-hydroxylation sites is 1. The molecule has 0 aliphatic rings. The van der Waals surface area contributed by atoms with Crippen molar-refractivity contribution in [1.29, 1.82) is 0 Å². The number of rotatable bonds is 9. The van der Waals surface area contributed by atoms with Crippen molar-refractivity contribution >= 4 is 45.6 Å². The molecule has 192 valence electrons. The van der Waals surface area contributed by atoms with Gasteiger partial charge in [0.1, 0.15) is 18.1 Å². The predicted octanol–water partition coefficient (Wildman–Crippen LogP) is 4.36. The zero-order valence-corrected chi connectivity index (χ0v) is 21.9. The van der Waals surface area contributed by atoms with Crippen LogP contribution in [0.15, 0.2) is 90.6 Å². The van der Waals surface area contributed by atoms with Gasteiger partial charge < -0.3 is 15.1 Å². The molecule has 0 saturated carbocycles. The summed E-state index contributed by atoms with van der Waals surface area (Å²) in [5.41, 5.74) is 3.94. The van der Waals surface area contributed by atoms with Crippen LogP contribution in [0.5, 0.6) is 0 Å². The summed E-state index contributed by atoms with van der Waals surface area (Å²) >= 11 is 1.43. The van der Waals surface area contributed by atoms with E-state index >= 15 is 0 Å². The number of aromatic nitrogens is 4. The van der Waals surface area contributed by atoms with Crippen LogP contribution in [0.1, 0.15) is 16.5 Å². The Hall–Kier alpha value is -4.57. The van der Waals surface area contributed by atoms with Crippen LogP contribution in [-0.2, 0) is 22.7 Å². The van der Waals surface area contributed by atoms with E-state index in [2.05, 4.69) is 20.6 Å². The van der Waals surface area contributed by atoms with Gasteiger partial charge in [-0.25, -0.2) is 4.68 Å². The molecule has 10 heteroatoms. The first-order valence-corrected chi connectivity index (χ1v) is 13.0. The van der Waals surface area contributed by atoms with E-state index < -0.39 is 6.04 Å². The Labute approximate surface area is 224 Å². The standard InChI is InChI=1S/C28H27N7O2S/c1-33(2)22-13-11-21(12-14-22)30-28(37)27(25-10-6-16-38-25)34(18-20-7-5-15-29-17-20)26(36)19-35-24-9-4-3-8-23(24)31-32-35/h3-17,27H,18-19H2,1-2H3,(H,30,37). The van der Waals surface area contributed by atoms with Crippen molar-refractivity contribution in [3.63, 3.8) is 0 Å². The molecule has 0 spiro atoms. The van der Waals surface area contributed by atoms with Gasteiger partial charge in [-0.05, 0) is 59.5 Å². The van der Waals surface area contributed by atoms with Crippen molar-refractivity contribution in [3.8, 4) is 0 Å². The van der Waals surface area contributed by atoms with E-state index in [1.54, 1.807) is 22.0 Å². The van der Waals surface area contributed by atoms with Crippen LogP contribution < -0.4 is 10.2 Å². The van der Waals surface area contributed by atoms with Gasteiger partial charge in [0.15, 0.2) is 0 Å². The van der Waals surface area contributed by atoms with Crippen LogP contribution in [0.4, 0.5) is 11.4 Å². The van der Waals surface area contributed by atoms with Crippen LogP contribution in [-0.4, -0.2) is 50.8 Å². The normalized spacial score (nSPS) is 11.7. The minimum atomic E-state index is -0.856. The summed E-state index contributed by atoms with van der Waals surface area (Å²) in [6.45, 7) is 0.141. The van der Waals surface area contributed by atoms with Crippen LogP contribution in [0, 0.1) is 0 Å². The van der Waals surface area contributed by atoms with Crippen LogP contribution in [0.3, 0.4) is 0 Å². The van der Waals surface area contributed by atoms with E-state index in [1.165, 1.54) is 11.3 Å². The third-order valence-electron chi connectivity index (χ3n) is 6.13. The molecule has 9 nitrogen and oxygen atoms in total. The molecule has 2 aromatic carbocycles. The largest absolute Gasteiger partial charge is 0.378 e. The summed E-state index contributed by atoms with van der Waals surface area (Å²) < 4.78 is 1.57. The average Bonchev–Trinajstić information content (AvgIpc) is 3.60. The zero-order chi connectivity index (χ0) is 26.5. The summed E-state index contributed by atoms with van der Waals surface area (Å²) in [6.07, 6.45) is 3.38. The molecule has 2 amide bonds. The highest BCUT2D eigenvalue weighted by Crippen LogP contribution is 2.29. The summed E-state index contributed by atoms with van der Waals surface area (Å²) in [5, 5.41) is 13.3. The number of hydrogen-bond donors (Lipinski definition) is 1. The van der Waals surface area contributed by atoms with Gasteiger partial charge in [0.25, 0.3) is 5.91 Å². The molecule has 5 rings (SSSR count). The van der Waals surface area contributed by atoms with Crippen molar-refractivity contribution in [1.82, 2.24) is 24.9 Å². The molecular weight excluding hydrogens is 498 g/mol. The van der Waals surface area contributed by atoms with Gasteiger partial charge in [0.05, 0.1) is 5.52 Å². The maximum absolute atomic E-state index is 13.9. The quantitative estimate of drug-likeness (QED) is 0.307. The van der Waals surface area contributed by atoms with E-state index in [0.717, 1.165) is 21.6 Å². The van der Waals surface area contributed by atoms with Crippen molar-refractivity contribution in [2.45, 2.75) is 19.1 Å². The molecule has 5 aromatic rings. The molecule has 1 atom stereocenters. The number of carbonyl (C=O) groups excluding carboxylic acids is 2. The van der Waals surface area contributed by atoms with Gasteiger partial charge in [0.2, 0.25) is 5.91 Å². The average molecular weight is 526 g/mol. The topological polar surface area (TPSA) is 96.2 Å². The van der Waals surface area contributed by atoms with Gasteiger partial charge >= 0.3 is 0 Å². The van der Waals surface area contributed by atoms with Crippen molar-refractivity contribution in [3.05, 3.63) is 101 Å². The smallest absolute Gasteiger partial charge is 0.252 e. The van der Waals surface area contributed by atoms with Crippen molar-refractivity contribution in [2.24, 2.45) is 0 Å². The second-order valence-corrected chi connectivity index (χ2v) is 9.95. The molecule has 0 bridgehead atoms. The number of benzene rings is 2. The Kier molecular flexibility index (Phi) is 7.41. The van der Waals surface area contributed by atoms with Gasteiger partial charge in [-0.2, -0.15) is 0 Å². The lowest BCUT2D eigenvalue weighted by molar-refractivity contribution is -0.140. The third-order valence-corrected chi connectivity index (χ3v) is 7.05. The highest BCUT2D eigenvalue weighted by Gasteiger charge is 2.33. The lowest BCUT2D eigenvalue weighted by Gasteiger charge is -2.30. The highest BCUT2D eigenvalue weighted by atomic mass is 32.1. The monoisotopic (exact) mass is 525 g/mol. The number of hydrogen-bond acceptors (Lipinski definition) is 7. The maximum Gasteiger partial charge on any atom is 0.252 e.